The summed E-state index contributed by atoms with van der Waals surface area (Å²) in [6.07, 6.45) is 2.34. The number of imidazole rings is 1. The zero-order chi connectivity index (χ0) is 23.6. The van der Waals surface area contributed by atoms with Crippen LogP contribution in [0.5, 0.6) is 5.75 Å². The Hall–Kier alpha value is -2.91. The largest absolute Gasteiger partial charge is 0.495 e. The molecule has 33 heavy (non-hydrogen) atoms. The summed E-state index contributed by atoms with van der Waals surface area (Å²) in [6.45, 7) is 5.11. The van der Waals surface area contributed by atoms with Gasteiger partial charge in [0.25, 0.3) is 5.91 Å². The number of amides is 1. The molecule has 1 unspecified atom stereocenters. The molecule has 3 aromatic rings. The van der Waals surface area contributed by atoms with E-state index in [2.05, 4.69) is 29.1 Å². The fourth-order valence-corrected chi connectivity index (χ4v) is 5.88. The second-order valence-corrected chi connectivity index (χ2v) is 10.7. The normalized spacial score (nSPS) is 15.8. The van der Waals surface area contributed by atoms with Crippen molar-refractivity contribution in [3.05, 3.63) is 53.9 Å². The van der Waals surface area contributed by atoms with Crippen LogP contribution in [0.25, 0.3) is 11.0 Å². The molecular formula is C24H30N4O4S. The highest BCUT2D eigenvalue weighted by molar-refractivity contribution is 7.89. The van der Waals surface area contributed by atoms with Gasteiger partial charge in [0.2, 0.25) is 10.0 Å². The van der Waals surface area contributed by atoms with Gasteiger partial charge in [0.1, 0.15) is 16.5 Å². The van der Waals surface area contributed by atoms with Gasteiger partial charge in [-0.3, -0.25) is 4.79 Å². The summed E-state index contributed by atoms with van der Waals surface area (Å²) in [5.41, 5.74) is 2.00. The maximum Gasteiger partial charge on any atom is 0.251 e. The van der Waals surface area contributed by atoms with Gasteiger partial charge in [-0.05, 0) is 55.5 Å². The number of ether oxygens (including phenoxy) is 1. The number of carbonyl (C=O) groups excluding carboxylic acids is 1. The van der Waals surface area contributed by atoms with Crippen LogP contribution in [0.4, 0.5) is 0 Å². The van der Waals surface area contributed by atoms with Crippen LogP contribution in [0, 0.1) is 5.92 Å². The van der Waals surface area contributed by atoms with Gasteiger partial charge in [0.05, 0.1) is 24.2 Å². The molecule has 9 heteroatoms. The van der Waals surface area contributed by atoms with Crippen molar-refractivity contribution in [2.45, 2.75) is 44.0 Å². The van der Waals surface area contributed by atoms with Crippen LogP contribution in [-0.4, -0.2) is 48.8 Å². The lowest BCUT2D eigenvalue weighted by Crippen LogP contribution is -2.31. The first kappa shape index (κ1) is 23.3. The Morgan fingerprint density at radius 3 is 2.58 bits per heavy atom. The number of methoxy groups -OCH3 is 1. The SMILES string of the molecule is COc1ccc(C(=O)NC(CC(C)C)c2nc3ccccc3[nH]2)cc1S(=O)(=O)N1CCCC1. The highest BCUT2D eigenvalue weighted by atomic mass is 32.2. The molecule has 1 fully saturated rings. The van der Waals surface area contributed by atoms with Crippen LogP contribution in [0.15, 0.2) is 47.4 Å². The predicted octanol–water partition coefficient (Wildman–Crippen LogP) is 3.87. The number of carbonyl (C=O) groups is 1. The van der Waals surface area contributed by atoms with Gasteiger partial charge in [-0.1, -0.05) is 26.0 Å². The Morgan fingerprint density at radius 1 is 1.18 bits per heavy atom. The molecule has 1 aromatic heterocycles. The fraction of sp³-hybridized carbons (Fsp3) is 0.417. The van der Waals surface area contributed by atoms with Crippen LogP contribution in [-0.2, 0) is 10.0 Å². The number of nitrogens with one attached hydrogen (secondary N) is 2. The van der Waals surface area contributed by atoms with E-state index in [1.807, 2.05) is 24.3 Å². The second kappa shape index (κ2) is 9.52. The number of fused-ring (bicyclic) bond motifs is 1. The molecule has 176 valence electrons. The number of aromatic amines is 1. The lowest BCUT2D eigenvalue weighted by molar-refractivity contribution is 0.0930. The molecular weight excluding hydrogens is 440 g/mol. The molecule has 2 N–H and O–H groups in total. The van der Waals surface area contributed by atoms with Crippen LogP contribution < -0.4 is 10.1 Å². The molecule has 8 nitrogen and oxygen atoms in total. The van der Waals surface area contributed by atoms with E-state index >= 15 is 0 Å². The summed E-state index contributed by atoms with van der Waals surface area (Å²) in [7, 11) is -2.32. The topological polar surface area (TPSA) is 104 Å². The maximum absolute atomic E-state index is 13.2. The number of hydrogen-bond acceptors (Lipinski definition) is 5. The summed E-state index contributed by atoms with van der Waals surface area (Å²) in [5, 5.41) is 3.05. The van der Waals surface area contributed by atoms with E-state index in [1.54, 1.807) is 6.07 Å². The standard InChI is InChI=1S/C24H30N4O4S/c1-16(2)14-20(23-25-18-8-4-5-9-19(18)26-23)27-24(29)17-10-11-21(32-3)22(15-17)33(30,31)28-12-6-7-13-28/h4-5,8-11,15-16,20H,6-7,12-14H2,1-3H3,(H,25,26)(H,27,29). The molecule has 1 atom stereocenters. The van der Waals surface area contributed by atoms with Crippen LogP contribution >= 0.6 is 0 Å². The number of sulfonamides is 1. The summed E-state index contributed by atoms with van der Waals surface area (Å²) in [4.78, 5) is 21.2. The van der Waals surface area contributed by atoms with E-state index in [4.69, 9.17) is 4.74 Å². The first-order valence-corrected chi connectivity index (χ1v) is 12.7. The smallest absolute Gasteiger partial charge is 0.251 e. The van der Waals surface area contributed by atoms with E-state index in [-0.39, 0.29) is 28.2 Å². The fourth-order valence-electron chi connectivity index (χ4n) is 4.18. The van der Waals surface area contributed by atoms with Crippen molar-refractivity contribution in [3.8, 4) is 5.75 Å². The third-order valence-corrected chi connectivity index (χ3v) is 7.78. The number of hydrogen-bond donors (Lipinski definition) is 2. The molecule has 0 spiro atoms. The molecule has 2 heterocycles. The number of benzene rings is 2. The van der Waals surface area contributed by atoms with Gasteiger partial charge in [-0.25, -0.2) is 13.4 Å². The molecule has 0 radical (unpaired) electrons. The zero-order valence-corrected chi connectivity index (χ0v) is 20.0. The van der Waals surface area contributed by atoms with Crippen molar-refractivity contribution in [3.63, 3.8) is 0 Å². The van der Waals surface area contributed by atoms with E-state index in [9.17, 15) is 13.2 Å². The average Bonchev–Trinajstić information content (AvgIpc) is 3.48. The molecule has 1 aliphatic rings. The molecule has 1 aliphatic heterocycles. The van der Waals surface area contributed by atoms with Crippen molar-refractivity contribution in [2.24, 2.45) is 5.92 Å². The van der Waals surface area contributed by atoms with Gasteiger partial charge in [-0.2, -0.15) is 4.31 Å². The molecule has 0 aliphatic carbocycles. The lowest BCUT2D eigenvalue weighted by Gasteiger charge is -2.20. The summed E-state index contributed by atoms with van der Waals surface area (Å²) in [6, 6.07) is 11.9. The minimum Gasteiger partial charge on any atom is -0.495 e. The van der Waals surface area contributed by atoms with Crippen molar-refractivity contribution in [1.82, 2.24) is 19.6 Å². The van der Waals surface area contributed by atoms with Gasteiger partial charge in [-0.15, -0.1) is 0 Å². The van der Waals surface area contributed by atoms with Crippen molar-refractivity contribution in [1.29, 1.82) is 0 Å². The van der Waals surface area contributed by atoms with Gasteiger partial charge in [0.15, 0.2) is 0 Å². The molecule has 4 rings (SSSR count). The average molecular weight is 471 g/mol. The summed E-state index contributed by atoms with van der Waals surface area (Å²) >= 11 is 0. The van der Waals surface area contributed by atoms with Crippen LogP contribution in [0.1, 0.15) is 55.3 Å². The Bertz CT molecular complexity index is 1210. The molecule has 1 amide bonds. The molecule has 0 saturated carbocycles. The Labute approximate surface area is 194 Å². The van der Waals surface area contributed by atoms with Crippen LogP contribution in [0.3, 0.4) is 0 Å². The Kier molecular flexibility index (Phi) is 6.71. The quantitative estimate of drug-likeness (QED) is 0.520. The predicted molar refractivity (Wildman–Crippen MR) is 127 cm³/mol. The third-order valence-electron chi connectivity index (χ3n) is 5.86. The van der Waals surface area contributed by atoms with Gasteiger partial charge >= 0.3 is 0 Å². The summed E-state index contributed by atoms with van der Waals surface area (Å²) in [5.74, 6) is 0.859. The minimum atomic E-state index is -3.74. The second-order valence-electron chi connectivity index (χ2n) is 8.77. The minimum absolute atomic E-state index is 0.0173. The number of para-hydroxylation sites is 2. The Balaban J connectivity index is 1.64. The number of H-pyrrole nitrogens is 1. The monoisotopic (exact) mass is 470 g/mol. The van der Waals surface area contributed by atoms with Crippen molar-refractivity contribution < 1.29 is 17.9 Å². The van der Waals surface area contributed by atoms with E-state index in [1.165, 1.54) is 23.5 Å². The lowest BCUT2D eigenvalue weighted by atomic mass is 10.0. The first-order valence-electron chi connectivity index (χ1n) is 11.2. The summed E-state index contributed by atoms with van der Waals surface area (Å²) < 4.78 is 33.1. The number of rotatable bonds is 8. The van der Waals surface area contributed by atoms with E-state index < -0.39 is 10.0 Å². The highest BCUT2D eigenvalue weighted by Gasteiger charge is 2.31. The van der Waals surface area contributed by atoms with Crippen molar-refractivity contribution in [2.75, 3.05) is 20.2 Å². The van der Waals surface area contributed by atoms with Crippen LogP contribution in [0.2, 0.25) is 0 Å². The number of aromatic nitrogens is 2. The molecule has 1 saturated heterocycles. The first-order chi connectivity index (χ1) is 15.8. The number of nitrogens with zero attached hydrogens (tertiary/aromatic N) is 2. The van der Waals surface area contributed by atoms with Gasteiger partial charge < -0.3 is 15.0 Å². The highest BCUT2D eigenvalue weighted by Crippen LogP contribution is 2.30. The molecule has 0 bridgehead atoms. The van der Waals surface area contributed by atoms with Gasteiger partial charge in [0, 0.05) is 18.7 Å². The third kappa shape index (κ3) is 4.89. The maximum atomic E-state index is 13.2. The van der Waals surface area contributed by atoms with E-state index in [0.717, 1.165) is 23.9 Å². The molecule has 2 aromatic carbocycles. The van der Waals surface area contributed by atoms with E-state index in [0.29, 0.717) is 31.3 Å². The van der Waals surface area contributed by atoms with Crippen molar-refractivity contribution >= 4 is 27.0 Å². The Morgan fingerprint density at radius 2 is 1.91 bits per heavy atom. The zero-order valence-electron chi connectivity index (χ0n) is 19.2.